The van der Waals surface area contributed by atoms with Gasteiger partial charge in [-0.25, -0.2) is 9.38 Å². The number of rotatable bonds is 4. The van der Waals surface area contributed by atoms with Crippen molar-refractivity contribution in [2.24, 2.45) is 10.7 Å². The summed E-state index contributed by atoms with van der Waals surface area (Å²) in [6.45, 7) is 1.95. The van der Waals surface area contributed by atoms with E-state index in [1.54, 1.807) is 12.1 Å². The minimum Gasteiger partial charge on any atom is -0.370 e. The van der Waals surface area contributed by atoms with E-state index in [-0.39, 0.29) is 48.2 Å². The highest BCUT2D eigenvalue weighted by Crippen LogP contribution is 2.25. The molecule has 0 bridgehead atoms. The minimum atomic E-state index is -0.409. The summed E-state index contributed by atoms with van der Waals surface area (Å²) < 4.78 is 13.4. The lowest BCUT2D eigenvalue weighted by molar-refractivity contribution is 0.599. The van der Waals surface area contributed by atoms with Gasteiger partial charge in [-0.15, -0.1) is 24.0 Å². The third-order valence-corrected chi connectivity index (χ3v) is 3.59. The van der Waals surface area contributed by atoms with Crippen LogP contribution in [0.25, 0.3) is 0 Å². The molecule has 0 aliphatic rings. The van der Waals surface area contributed by atoms with Crippen molar-refractivity contribution >= 4 is 53.1 Å². The molecule has 0 aliphatic heterocycles. The maximum Gasteiger partial charge on any atom is 0.189 e. The fourth-order valence-electron chi connectivity index (χ4n) is 1.89. The zero-order valence-electron chi connectivity index (χ0n) is 12.3. The predicted molar refractivity (Wildman–Crippen MR) is 103 cm³/mol. The van der Waals surface area contributed by atoms with Crippen molar-refractivity contribution < 1.29 is 4.39 Å². The van der Waals surface area contributed by atoms with Crippen molar-refractivity contribution in [2.75, 3.05) is 0 Å². The van der Waals surface area contributed by atoms with Crippen LogP contribution >= 0.6 is 47.2 Å². The van der Waals surface area contributed by atoms with Crippen LogP contribution in [0.15, 0.2) is 41.5 Å². The lowest BCUT2D eigenvalue weighted by atomic mass is 10.1. The van der Waals surface area contributed by atoms with Crippen molar-refractivity contribution in [1.82, 2.24) is 10.3 Å². The summed E-state index contributed by atoms with van der Waals surface area (Å²) in [4.78, 5) is 7.99. The van der Waals surface area contributed by atoms with Gasteiger partial charge in [0.05, 0.1) is 18.3 Å². The van der Waals surface area contributed by atoms with Gasteiger partial charge in [-0.05, 0) is 36.8 Å². The van der Waals surface area contributed by atoms with Crippen LogP contribution in [0.5, 0.6) is 0 Å². The van der Waals surface area contributed by atoms with Crippen LogP contribution in [-0.4, -0.2) is 10.9 Å². The van der Waals surface area contributed by atoms with E-state index in [0.29, 0.717) is 10.0 Å². The Morgan fingerprint density at radius 2 is 2.13 bits per heavy atom. The van der Waals surface area contributed by atoms with Crippen LogP contribution in [0.3, 0.4) is 0 Å². The molecular formula is C15H16Cl2FIN4. The summed E-state index contributed by atoms with van der Waals surface area (Å²) in [5, 5.41) is 4.10. The zero-order valence-corrected chi connectivity index (χ0v) is 16.1. The molecule has 2 rings (SSSR count). The maximum absolute atomic E-state index is 13.4. The van der Waals surface area contributed by atoms with Gasteiger partial charge in [0.25, 0.3) is 0 Å². The van der Waals surface area contributed by atoms with Crippen molar-refractivity contribution in [2.45, 2.75) is 19.5 Å². The number of nitrogens with zero attached hydrogens (tertiary/aromatic N) is 2. The van der Waals surface area contributed by atoms with Gasteiger partial charge < -0.3 is 11.1 Å². The Balaban J connectivity index is 0.00000264. The summed E-state index contributed by atoms with van der Waals surface area (Å²) in [6.07, 6.45) is 1.51. The average Bonchev–Trinajstić information content (AvgIpc) is 2.46. The molecule has 1 heterocycles. The smallest absolute Gasteiger partial charge is 0.189 e. The van der Waals surface area contributed by atoms with E-state index in [2.05, 4.69) is 15.3 Å². The number of hydrogen-bond acceptors (Lipinski definition) is 2. The van der Waals surface area contributed by atoms with Gasteiger partial charge in [-0.1, -0.05) is 29.3 Å². The van der Waals surface area contributed by atoms with Gasteiger partial charge in [0.1, 0.15) is 5.82 Å². The van der Waals surface area contributed by atoms with Crippen LogP contribution in [0, 0.1) is 5.82 Å². The summed E-state index contributed by atoms with van der Waals surface area (Å²) in [5.41, 5.74) is 6.89. The van der Waals surface area contributed by atoms with Crippen molar-refractivity contribution in [1.29, 1.82) is 0 Å². The first-order chi connectivity index (χ1) is 10.5. The van der Waals surface area contributed by atoms with E-state index in [1.807, 2.05) is 13.0 Å². The standard InChI is InChI=1S/C15H15Cl2FN4.HI/c1-9(11-5-4-10(16)7-12(11)17)22-15(19)21-8-14-13(18)3-2-6-20-14;/h2-7,9H,8H2,1H3,(H3,19,21,22);1H. The van der Waals surface area contributed by atoms with Gasteiger partial charge in [-0.3, -0.25) is 4.98 Å². The highest BCUT2D eigenvalue weighted by atomic mass is 127. The van der Waals surface area contributed by atoms with E-state index in [9.17, 15) is 4.39 Å². The van der Waals surface area contributed by atoms with Crippen molar-refractivity contribution in [3.05, 3.63) is 63.6 Å². The summed E-state index contributed by atoms with van der Waals surface area (Å²) >= 11 is 12.0. The molecule has 0 saturated heterocycles. The molecule has 1 atom stereocenters. The van der Waals surface area contributed by atoms with Crippen LogP contribution in [-0.2, 0) is 6.54 Å². The highest BCUT2D eigenvalue weighted by Gasteiger charge is 2.11. The molecule has 0 saturated carbocycles. The predicted octanol–water partition coefficient (Wildman–Crippen LogP) is 4.31. The fourth-order valence-corrected chi connectivity index (χ4v) is 2.46. The highest BCUT2D eigenvalue weighted by molar-refractivity contribution is 14.0. The van der Waals surface area contributed by atoms with Gasteiger partial charge >= 0.3 is 0 Å². The first-order valence-electron chi connectivity index (χ1n) is 6.58. The van der Waals surface area contributed by atoms with E-state index in [1.165, 1.54) is 18.3 Å². The van der Waals surface area contributed by atoms with Crippen LogP contribution in [0.1, 0.15) is 24.2 Å². The summed E-state index contributed by atoms with van der Waals surface area (Å²) in [5.74, 6) is -0.226. The Labute approximate surface area is 161 Å². The Bertz CT molecular complexity index is 697. The maximum atomic E-state index is 13.4. The van der Waals surface area contributed by atoms with E-state index >= 15 is 0 Å². The molecule has 124 valence electrons. The summed E-state index contributed by atoms with van der Waals surface area (Å²) in [7, 11) is 0. The average molecular weight is 469 g/mol. The molecule has 4 nitrogen and oxygen atoms in total. The third-order valence-electron chi connectivity index (χ3n) is 3.03. The van der Waals surface area contributed by atoms with Crippen molar-refractivity contribution in [3.63, 3.8) is 0 Å². The van der Waals surface area contributed by atoms with E-state index in [4.69, 9.17) is 28.9 Å². The van der Waals surface area contributed by atoms with E-state index in [0.717, 1.165) is 5.56 Å². The molecule has 0 fully saturated rings. The van der Waals surface area contributed by atoms with Crippen LogP contribution in [0.2, 0.25) is 10.0 Å². The molecule has 8 heteroatoms. The second-order valence-corrected chi connectivity index (χ2v) is 5.51. The number of aliphatic imine (C=N–C) groups is 1. The molecule has 0 spiro atoms. The molecule has 0 amide bonds. The molecule has 23 heavy (non-hydrogen) atoms. The third kappa shape index (κ3) is 5.78. The van der Waals surface area contributed by atoms with Crippen molar-refractivity contribution in [3.8, 4) is 0 Å². The number of pyridine rings is 1. The van der Waals surface area contributed by atoms with Gasteiger partial charge in [0.2, 0.25) is 0 Å². The Morgan fingerprint density at radius 1 is 1.39 bits per heavy atom. The van der Waals surface area contributed by atoms with Gasteiger partial charge in [0, 0.05) is 16.2 Å². The minimum absolute atomic E-state index is 0. The number of guanidine groups is 1. The molecular weight excluding hydrogens is 453 g/mol. The molecule has 0 radical (unpaired) electrons. The monoisotopic (exact) mass is 468 g/mol. The van der Waals surface area contributed by atoms with Gasteiger partial charge in [0.15, 0.2) is 5.96 Å². The molecule has 0 aliphatic carbocycles. The lowest BCUT2D eigenvalue weighted by Crippen LogP contribution is -2.34. The summed E-state index contributed by atoms with van der Waals surface area (Å²) in [6, 6.07) is 7.91. The molecule has 1 unspecified atom stereocenters. The quantitative estimate of drug-likeness (QED) is 0.399. The number of aromatic nitrogens is 1. The molecule has 1 aromatic heterocycles. The fraction of sp³-hybridized carbons (Fsp3) is 0.200. The van der Waals surface area contributed by atoms with Crippen LogP contribution < -0.4 is 11.1 Å². The Hall–Kier alpha value is -1.12. The van der Waals surface area contributed by atoms with Gasteiger partial charge in [-0.2, -0.15) is 0 Å². The number of nitrogens with one attached hydrogen (secondary N) is 1. The second-order valence-electron chi connectivity index (χ2n) is 4.67. The first-order valence-corrected chi connectivity index (χ1v) is 7.33. The second kappa shape index (κ2) is 9.24. The van der Waals surface area contributed by atoms with E-state index < -0.39 is 5.82 Å². The lowest BCUT2D eigenvalue weighted by Gasteiger charge is -2.16. The number of nitrogens with two attached hydrogens (primary N) is 1. The molecule has 1 aromatic carbocycles. The Kier molecular flexibility index (Phi) is 8.01. The normalized spacial score (nSPS) is 12.4. The number of halogens is 4. The molecule has 2 aromatic rings. The number of benzene rings is 1. The largest absolute Gasteiger partial charge is 0.370 e. The first kappa shape index (κ1) is 19.9. The van der Waals surface area contributed by atoms with Crippen LogP contribution in [0.4, 0.5) is 4.39 Å². The topological polar surface area (TPSA) is 63.3 Å². The molecule has 3 N–H and O–H groups in total. The Morgan fingerprint density at radius 3 is 2.78 bits per heavy atom. The zero-order chi connectivity index (χ0) is 16.1. The number of hydrogen-bond donors (Lipinski definition) is 2. The SMILES string of the molecule is CC(NC(N)=NCc1ncccc1F)c1ccc(Cl)cc1Cl.I.